The number of aliphatic hydroxyl groups is 1. The molecule has 1 rings (SSSR count). The second-order valence-corrected chi connectivity index (χ2v) is 9.81. The maximum Gasteiger partial charge on any atom is 0.0642 e. The van der Waals surface area contributed by atoms with Crippen molar-refractivity contribution in [1.29, 1.82) is 0 Å². The molecule has 0 radical (unpaired) electrons. The zero-order valence-electron chi connectivity index (χ0n) is 18.4. The van der Waals surface area contributed by atoms with Gasteiger partial charge in [0.1, 0.15) is 0 Å². The van der Waals surface area contributed by atoms with Crippen LogP contribution in [0.3, 0.4) is 0 Å². The van der Waals surface area contributed by atoms with Crippen LogP contribution >= 0.6 is 11.8 Å². The highest BCUT2D eigenvalue weighted by Crippen LogP contribution is 2.15. The quantitative estimate of drug-likeness (QED) is 0.222. The molecule has 0 aromatic carbocycles. The first-order valence-electron chi connectivity index (χ1n) is 12.3. The largest absolute Gasteiger partial charge is 0.392 e. The lowest BCUT2D eigenvalue weighted by molar-refractivity contribution is 0.168. The molecule has 162 valence electrons. The molecular formula is C24H49NOS. The molecule has 0 aromatic heterocycles. The van der Waals surface area contributed by atoms with Gasteiger partial charge in [0.15, 0.2) is 0 Å². The van der Waals surface area contributed by atoms with Gasteiger partial charge in [-0.1, -0.05) is 90.4 Å². The van der Waals surface area contributed by atoms with Gasteiger partial charge in [0.2, 0.25) is 0 Å². The van der Waals surface area contributed by atoms with Gasteiger partial charge in [-0.3, -0.25) is 0 Å². The van der Waals surface area contributed by atoms with E-state index >= 15 is 0 Å². The lowest BCUT2D eigenvalue weighted by Crippen LogP contribution is -2.25. The summed E-state index contributed by atoms with van der Waals surface area (Å²) in [7, 11) is 0. The van der Waals surface area contributed by atoms with Crippen LogP contribution in [0.25, 0.3) is 0 Å². The van der Waals surface area contributed by atoms with Gasteiger partial charge in [-0.25, -0.2) is 0 Å². The highest BCUT2D eigenvalue weighted by atomic mass is 32.2. The van der Waals surface area contributed by atoms with E-state index in [4.69, 9.17) is 0 Å². The van der Waals surface area contributed by atoms with Crippen molar-refractivity contribution in [1.82, 2.24) is 4.90 Å². The number of hydrogen-bond donors (Lipinski definition) is 1. The highest BCUT2D eigenvalue weighted by molar-refractivity contribution is 7.99. The average Bonchev–Trinajstić information content (AvgIpc) is 3.19. The first-order valence-corrected chi connectivity index (χ1v) is 13.5. The van der Waals surface area contributed by atoms with Gasteiger partial charge in [-0.05, 0) is 44.5 Å². The summed E-state index contributed by atoms with van der Waals surface area (Å²) in [5.41, 5.74) is 0. The molecular weight excluding hydrogens is 350 g/mol. The van der Waals surface area contributed by atoms with Crippen LogP contribution in [-0.4, -0.2) is 47.3 Å². The Balaban J connectivity index is 1.69. The zero-order valence-corrected chi connectivity index (χ0v) is 19.3. The summed E-state index contributed by atoms with van der Waals surface area (Å²) < 4.78 is 0. The van der Waals surface area contributed by atoms with Crippen molar-refractivity contribution in [2.45, 2.75) is 122 Å². The monoisotopic (exact) mass is 399 g/mol. The minimum atomic E-state index is -0.0951. The van der Waals surface area contributed by atoms with Crippen LogP contribution in [0.2, 0.25) is 0 Å². The molecule has 0 spiro atoms. The molecule has 1 N–H and O–H groups in total. The Morgan fingerprint density at radius 3 is 1.74 bits per heavy atom. The maximum absolute atomic E-state index is 10.1. The molecule has 2 nitrogen and oxygen atoms in total. The van der Waals surface area contributed by atoms with Crippen molar-refractivity contribution in [3.63, 3.8) is 0 Å². The highest BCUT2D eigenvalue weighted by Gasteiger charge is 2.13. The summed E-state index contributed by atoms with van der Waals surface area (Å²) in [6, 6.07) is 0. The van der Waals surface area contributed by atoms with Crippen molar-refractivity contribution in [2.24, 2.45) is 0 Å². The SMILES string of the molecule is CCCCCCCCCCCCCCCCSCC(O)CCN1CCCC1. The first kappa shape index (κ1) is 25.3. The van der Waals surface area contributed by atoms with E-state index in [-0.39, 0.29) is 6.10 Å². The molecule has 0 aromatic rings. The summed E-state index contributed by atoms with van der Waals surface area (Å²) in [6.07, 6.45) is 23.6. The number of rotatable bonds is 20. The van der Waals surface area contributed by atoms with Gasteiger partial charge in [0.05, 0.1) is 6.10 Å². The minimum absolute atomic E-state index is 0.0951. The standard InChI is InChI=1S/C24H49NOS/c1-2-3-4-5-6-7-8-9-10-11-12-13-14-17-22-27-23-24(26)18-21-25-19-15-16-20-25/h24,26H,2-23H2,1H3. The molecule has 1 unspecified atom stereocenters. The molecule has 1 fully saturated rings. The van der Waals surface area contributed by atoms with Crippen molar-refractivity contribution < 1.29 is 5.11 Å². The van der Waals surface area contributed by atoms with Crippen LogP contribution in [0.1, 0.15) is 116 Å². The number of thioether (sulfide) groups is 1. The molecule has 1 aliphatic heterocycles. The Hall–Kier alpha value is 0.270. The van der Waals surface area contributed by atoms with E-state index in [0.29, 0.717) is 0 Å². The molecule has 27 heavy (non-hydrogen) atoms. The predicted octanol–water partition coefficient (Wildman–Crippen LogP) is 7.05. The Labute approximate surface area is 175 Å². The van der Waals surface area contributed by atoms with Gasteiger partial charge in [-0.2, -0.15) is 11.8 Å². The van der Waals surface area contributed by atoms with E-state index in [9.17, 15) is 5.11 Å². The second-order valence-electron chi connectivity index (χ2n) is 8.66. The molecule has 0 bridgehead atoms. The summed E-state index contributed by atoms with van der Waals surface area (Å²) in [5, 5.41) is 10.1. The normalized spacial score (nSPS) is 16.2. The van der Waals surface area contributed by atoms with Crippen molar-refractivity contribution in [2.75, 3.05) is 31.1 Å². The zero-order chi connectivity index (χ0) is 19.4. The fourth-order valence-corrected chi connectivity index (χ4v) is 5.05. The number of nitrogens with zero attached hydrogens (tertiary/aromatic N) is 1. The van der Waals surface area contributed by atoms with Gasteiger partial charge in [-0.15, -0.1) is 0 Å². The summed E-state index contributed by atoms with van der Waals surface area (Å²) in [5.74, 6) is 2.17. The minimum Gasteiger partial charge on any atom is -0.392 e. The third-order valence-electron chi connectivity index (χ3n) is 5.93. The van der Waals surface area contributed by atoms with Crippen LogP contribution in [0.5, 0.6) is 0 Å². The number of likely N-dealkylation sites (tertiary alicyclic amines) is 1. The molecule has 0 aliphatic carbocycles. The topological polar surface area (TPSA) is 23.5 Å². The molecule has 3 heteroatoms. The van der Waals surface area contributed by atoms with E-state index in [2.05, 4.69) is 11.8 Å². The van der Waals surface area contributed by atoms with E-state index in [1.54, 1.807) is 0 Å². The Kier molecular flexibility index (Phi) is 18.4. The van der Waals surface area contributed by atoms with Gasteiger partial charge in [0, 0.05) is 12.3 Å². The van der Waals surface area contributed by atoms with Crippen LogP contribution < -0.4 is 0 Å². The van der Waals surface area contributed by atoms with E-state index in [0.717, 1.165) is 18.7 Å². The van der Waals surface area contributed by atoms with Crippen molar-refractivity contribution in [3.05, 3.63) is 0 Å². The average molecular weight is 400 g/mol. The van der Waals surface area contributed by atoms with E-state index in [1.165, 1.54) is 122 Å². The smallest absolute Gasteiger partial charge is 0.0642 e. The molecule has 0 amide bonds. The number of hydrogen-bond acceptors (Lipinski definition) is 3. The molecule has 1 atom stereocenters. The third kappa shape index (κ3) is 16.9. The van der Waals surface area contributed by atoms with Crippen molar-refractivity contribution >= 4 is 11.8 Å². The third-order valence-corrected chi connectivity index (χ3v) is 7.13. The Morgan fingerprint density at radius 1 is 0.741 bits per heavy atom. The summed E-state index contributed by atoms with van der Waals surface area (Å²) in [4.78, 5) is 2.50. The Morgan fingerprint density at radius 2 is 1.22 bits per heavy atom. The van der Waals surface area contributed by atoms with Gasteiger partial charge in [0.25, 0.3) is 0 Å². The number of unbranched alkanes of at least 4 members (excludes halogenated alkanes) is 13. The van der Waals surface area contributed by atoms with Gasteiger partial charge >= 0.3 is 0 Å². The molecule has 0 saturated carbocycles. The lowest BCUT2D eigenvalue weighted by Gasteiger charge is -2.17. The fourth-order valence-electron chi connectivity index (χ4n) is 4.04. The summed E-state index contributed by atoms with van der Waals surface area (Å²) >= 11 is 1.96. The molecule has 1 saturated heterocycles. The van der Waals surface area contributed by atoms with E-state index in [1.807, 2.05) is 11.8 Å². The molecule has 1 aliphatic rings. The number of aliphatic hydroxyl groups excluding tert-OH is 1. The van der Waals surface area contributed by atoms with Crippen LogP contribution in [0.4, 0.5) is 0 Å². The summed E-state index contributed by atoms with van der Waals surface area (Å²) in [6.45, 7) is 5.89. The van der Waals surface area contributed by atoms with Crippen LogP contribution in [0.15, 0.2) is 0 Å². The first-order chi connectivity index (χ1) is 13.3. The van der Waals surface area contributed by atoms with Gasteiger partial charge < -0.3 is 10.0 Å². The van der Waals surface area contributed by atoms with E-state index < -0.39 is 0 Å². The van der Waals surface area contributed by atoms with Crippen LogP contribution in [0, 0.1) is 0 Å². The maximum atomic E-state index is 10.1. The van der Waals surface area contributed by atoms with Crippen molar-refractivity contribution in [3.8, 4) is 0 Å². The lowest BCUT2D eigenvalue weighted by atomic mass is 10.0. The van der Waals surface area contributed by atoms with Crippen LogP contribution in [-0.2, 0) is 0 Å². The second kappa shape index (κ2) is 19.6. The Bertz CT molecular complexity index is 294. The fraction of sp³-hybridized carbons (Fsp3) is 1.00. The predicted molar refractivity (Wildman–Crippen MR) is 124 cm³/mol. The molecule has 1 heterocycles.